The molecule has 0 atom stereocenters. The van der Waals surface area contributed by atoms with Crippen LogP contribution in [0.4, 0.5) is 5.69 Å². The van der Waals surface area contributed by atoms with E-state index in [0.717, 1.165) is 63.3 Å². The molecule has 0 bridgehead atoms. The molecule has 0 radical (unpaired) electrons. The van der Waals surface area contributed by atoms with Gasteiger partial charge in [-0.25, -0.2) is 13.1 Å². The van der Waals surface area contributed by atoms with Gasteiger partial charge in [0.15, 0.2) is 0 Å². The average molecular weight is 368 g/mol. The predicted molar refractivity (Wildman–Crippen MR) is 99.9 cm³/mol. The lowest BCUT2D eigenvalue weighted by molar-refractivity contribution is 0.412. The first kappa shape index (κ1) is 18.5. The first-order valence-electron chi connectivity index (χ1n) is 9.26. The molecule has 1 saturated carbocycles. The topological polar surface area (TPSA) is 70.7 Å². The Morgan fingerprint density at radius 2 is 1.80 bits per heavy atom. The number of benzene rings is 1. The Morgan fingerprint density at radius 3 is 2.44 bits per heavy atom. The van der Waals surface area contributed by atoms with Crippen LogP contribution in [-0.4, -0.2) is 47.7 Å². The van der Waals surface area contributed by atoms with Crippen molar-refractivity contribution >= 4 is 15.7 Å². The number of hydrogen-bond acceptors (Lipinski definition) is 5. The van der Waals surface area contributed by atoms with Gasteiger partial charge in [-0.3, -0.25) is 0 Å². The Balaban J connectivity index is 1.82. The highest BCUT2D eigenvalue weighted by Crippen LogP contribution is 2.31. The van der Waals surface area contributed by atoms with E-state index in [-0.39, 0.29) is 6.04 Å². The highest BCUT2D eigenvalue weighted by Gasteiger charge is 2.24. The number of sulfonamides is 1. The van der Waals surface area contributed by atoms with Gasteiger partial charge in [-0.15, -0.1) is 0 Å². The van der Waals surface area contributed by atoms with Crippen LogP contribution in [0.15, 0.2) is 23.1 Å². The van der Waals surface area contributed by atoms with E-state index in [1.807, 2.05) is 0 Å². The van der Waals surface area contributed by atoms with E-state index in [9.17, 15) is 8.42 Å². The van der Waals surface area contributed by atoms with Crippen LogP contribution >= 0.6 is 0 Å². The lowest BCUT2D eigenvalue weighted by Crippen LogP contribution is -2.43. The maximum atomic E-state index is 12.9. The molecule has 1 heterocycles. The summed E-state index contributed by atoms with van der Waals surface area (Å²) in [5.74, 6) is 0.718. The molecule has 1 aromatic rings. The highest BCUT2D eigenvalue weighted by molar-refractivity contribution is 7.89. The molecule has 1 saturated heterocycles. The zero-order valence-corrected chi connectivity index (χ0v) is 15.8. The summed E-state index contributed by atoms with van der Waals surface area (Å²) in [6.45, 7) is 3.47. The second-order valence-corrected chi connectivity index (χ2v) is 8.59. The molecular weight excluding hydrogens is 338 g/mol. The number of methoxy groups -OCH3 is 1. The van der Waals surface area contributed by atoms with Crippen LogP contribution in [0.3, 0.4) is 0 Å². The summed E-state index contributed by atoms with van der Waals surface area (Å²) in [5.41, 5.74) is 0.854. The minimum atomic E-state index is -3.51. The van der Waals surface area contributed by atoms with Crippen molar-refractivity contribution in [2.24, 2.45) is 0 Å². The molecule has 7 heteroatoms. The molecule has 3 rings (SSSR count). The quantitative estimate of drug-likeness (QED) is 0.780. The normalized spacial score (nSPS) is 20.3. The van der Waals surface area contributed by atoms with Gasteiger partial charge >= 0.3 is 0 Å². The van der Waals surface area contributed by atoms with Gasteiger partial charge in [0.25, 0.3) is 0 Å². The number of hydrogen-bond donors (Lipinski definition) is 2. The van der Waals surface area contributed by atoms with Crippen LogP contribution < -0.4 is 19.7 Å². The largest absolute Gasteiger partial charge is 0.495 e. The summed E-state index contributed by atoms with van der Waals surface area (Å²) in [6.07, 6.45) is 6.46. The molecule has 1 aromatic carbocycles. The third kappa shape index (κ3) is 4.65. The molecule has 140 valence electrons. The Bertz CT molecular complexity index is 664. The lowest BCUT2D eigenvalue weighted by atomic mass is 10.1. The first-order valence-corrected chi connectivity index (χ1v) is 10.7. The van der Waals surface area contributed by atoms with E-state index in [0.29, 0.717) is 4.90 Å². The SMILES string of the molecule is COc1ccc(S(=O)(=O)NC2CCCCCC2)cc1N1CCNCC1. The molecule has 2 fully saturated rings. The third-order valence-corrected chi connectivity index (χ3v) is 6.61. The number of piperazine rings is 1. The van der Waals surface area contributed by atoms with Crippen LogP contribution in [0.1, 0.15) is 38.5 Å². The monoisotopic (exact) mass is 367 g/mol. The van der Waals surface area contributed by atoms with E-state index >= 15 is 0 Å². The van der Waals surface area contributed by atoms with E-state index in [4.69, 9.17) is 4.74 Å². The maximum absolute atomic E-state index is 12.9. The van der Waals surface area contributed by atoms with Gasteiger partial charge in [-0.1, -0.05) is 25.7 Å². The molecular formula is C18H29N3O3S. The van der Waals surface area contributed by atoms with Crippen molar-refractivity contribution in [1.82, 2.24) is 10.0 Å². The van der Waals surface area contributed by atoms with Gasteiger partial charge in [-0.05, 0) is 31.0 Å². The number of nitrogens with zero attached hydrogens (tertiary/aromatic N) is 1. The molecule has 25 heavy (non-hydrogen) atoms. The van der Waals surface area contributed by atoms with Gasteiger partial charge in [-0.2, -0.15) is 0 Å². The summed E-state index contributed by atoms with van der Waals surface area (Å²) >= 11 is 0. The number of anilines is 1. The zero-order chi connectivity index (χ0) is 17.7. The molecule has 0 spiro atoms. The van der Waals surface area contributed by atoms with Crippen LogP contribution in [0.5, 0.6) is 5.75 Å². The van der Waals surface area contributed by atoms with E-state index in [1.165, 1.54) is 12.8 Å². The zero-order valence-electron chi connectivity index (χ0n) is 15.0. The molecule has 1 aliphatic carbocycles. The van der Waals surface area contributed by atoms with Crippen LogP contribution in [0, 0.1) is 0 Å². The van der Waals surface area contributed by atoms with Gasteiger partial charge in [0, 0.05) is 32.2 Å². The smallest absolute Gasteiger partial charge is 0.240 e. The summed E-state index contributed by atoms with van der Waals surface area (Å²) in [7, 11) is -1.89. The summed E-state index contributed by atoms with van der Waals surface area (Å²) in [6, 6.07) is 5.21. The van der Waals surface area contributed by atoms with Gasteiger partial charge in [0.2, 0.25) is 10.0 Å². The molecule has 0 unspecified atom stereocenters. The predicted octanol–water partition coefficient (Wildman–Crippen LogP) is 2.11. The summed E-state index contributed by atoms with van der Waals surface area (Å²) in [4.78, 5) is 2.51. The van der Waals surface area contributed by atoms with Crippen molar-refractivity contribution < 1.29 is 13.2 Å². The molecule has 2 N–H and O–H groups in total. The Hall–Kier alpha value is -1.31. The van der Waals surface area contributed by atoms with Crippen LogP contribution in [0.2, 0.25) is 0 Å². The lowest BCUT2D eigenvalue weighted by Gasteiger charge is -2.31. The summed E-state index contributed by atoms with van der Waals surface area (Å²) in [5, 5.41) is 3.31. The highest BCUT2D eigenvalue weighted by atomic mass is 32.2. The average Bonchev–Trinajstić information content (AvgIpc) is 2.90. The minimum Gasteiger partial charge on any atom is -0.495 e. The molecule has 6 nitrogen and oxygen atoms in total. The minimum absolute atomic E-state index is 0.0530. The van der Waals surface area contributed by atoms with E-state index < -0.39 is 10.0 Å². The number of ether oxygens (including phenoxy) is 1. The van der Waals surface area contributed by atoms with E-state index in [2.05, 4.69) is 14.9 Å². The second kappa shape index (κ2) is 8.38. The third-order valence-electron chi connectivity index (χ3n) is 5.10. The van der Waals surface area contributed by atoms with Crippen molar-refractivity contribution in [3.05, 3.63) is 18.2 Å². The Kier molecular flexibility index (Phi) is 6.19. The van der Waals surface area contributed by atoms with Crippen molar-refractivity contribution in [1.29, 1.82) is 0 Å². The van der Waals surface area contributed by atoms with Gasteiger partial charge < -0.3 is 15.0 Å². The fourth-order valence-electron chi connectivity index (χ4n) is 3.67. The molecule has 0 aromatic heterocycles. The molecule has 1 aliphatic heterocycles. The van der Waals surface area contributed by atoms with Gasteiger partial charge in [0.1, 0.15) is 5.75 Å². The number of nitrogens with one attached hydrogen (secondary N) is 2. The van der Waals surface area contributed by atoms with Crippen LogP contribution in [0.25, 0.3) is 0 Å². The van der Waals surface area contributed by atoms with Crippen molar-refractivity contribution in [2.75, 3.05) is 38.2 Å². The number of rotatable bonds is 5. The molecule has 0 amide bonds. The summed E-state index contributed by atoms with van der Waals surface area (Å²) < 4.78 is 34.1. The van der Waals surface area contributed by atoms with Crippen molar-refractivity contribution in [3.8, 4) is 5.75 Å². The molecule has 2 aliphatic rings. The van der Waals surface area contributed by atoms with Crippen molar-refractivity contribution in [3.63, 3.8) is 0 Å². The van der Waals surface area contributed by atoms with Crippen LogP contribution in [-0.2, 0) is 10.0 Å². The second-order valence-electron chi connectivity index (χ2n) is 6.88. The fourth-order valence-corrected chi connectivity index (χ4v) is 5.00. The first-order chi connectivity index (χ1) is 12.1. The standard InChI is InChI=1S/C18H29N3O3S/c1-24-18-9-8-16(14-17(18)21-12-10-19-11-13-21)25(22,23)20-15-6-4-2-3-5-7-15/h8-9,14-15,19-20H,2-7,10-13H2,1H3. The van der Waals surface area contributed by atoms with E-state index in [1.54, 1.807) is 25.3 Å². The maximum Gasteiger partial charge on any atom is 0.240 e. The Labute approximate surface area is 151 Å². The van der Waals surface area contributed by atoms with Crippen molar-refractivity contribution in [2.45, 2.75) is 49.5 Å². The van der Waals surface area contributed by atoms with Gasteiger partial charge in [0.05, 0.1) is 17.7 Å². The fraction of sp³-hybridized carbons (Fsp3) is 0.667. The Morgan fingerprint density at radius 1 is 1.12 bits per heavy atom.